The van der Waals surface area contributed by atoms with E-state index in [2.05, 4.69) is 31.9 Å². The Balaban J connectivity index is 2.98. The van der Waals surface area contributed by atoms with Crippen molar-refractivity contribution in [1.29, 1.82) is 0 Å². The zero-order valence-electron chi connectivity index (χ0n) is 8.21. The fraction of sp³-hybridized carbons (Fsp3) is 0.333. The van der Waals surface area contributed by atoms with Crippen LogP contribution in [-0.4, -0.2) is 25.2 Å². The van der Waals surface area contributed by atoms with Crippen LogP contribution < -0.4 is 0 Å². The quantitative estimate of drug-likeness (QED) is 0.733. The van der Waals surface area contributed by atoms with Crippen molar-refractivity contribution in [3.63, 3.8) is 0 Å². The van der Waals surface area contributed by atoms with Crippen molar-refractivity contribution < 1.29 is 21.6 Å². The fourth-order valence-electron chi connectivity index (χ4n) is 1.04. The molecule has 0 aromatic heterocycles. The Bertz CT molecular complexity index is 499. The van der Waals surface area contributed by atoms with Gasteiger partial charge in [0.2, 0.25) is 0 Å². The topological polar surface area (TPSA) is 34.1 Å². The van der Waals surface area contributed by atoms with E-state index in [4.69, 9.17) is 0 Å². The van der Waals surface area contributed by atoms with Gasteiger partial charge in [0, 0.05) is 4.47 Å². The van der Waals surface area contributed by atoms with Crippen LogP contribution in [0.3, 0.4) is 0 Å². The summed E-state index contributed by atoms with van der Waals surface area (Å²) in [5, 5.41) is 0. The van der Waals surface area contributed by atoms with Crippen molar-refractivity contribution in [2.75, 3.05) is 5.75 Å². The molecule has 1 aromatic carbocycles. The zero-order valence-corrected chi connectivity index (χ0v) is 12.2. The highest BCUT2D eigenvalue weighted by molar-refractivity contribution is 9.10. The number of benzene rings is 1. The Kier molecular flexibility index (Phi) is 4.65. The number of sulfone groups is 1. The lowest BCUT2D eigenvalue weighted by Gasteiger charge is -2.14. The zero-order chi connectivity index (χ0) is 13.3. The first-order valence-corrected chi connectivity index (χ1v) is 7.68. The summed E-state index contributed by atoms with van der Waals surface area (Å²) in [6.07, 6.45) is -4.58. The van der Waals surface area contributed by atoms with Crippen LogP contribution in [0.25, 0.3) is 0 Å². The third kappa shape index (κ3) is 4.26. The average Bonchev–Trinajstić information content (AvgIpc) is 2.15. The van der Waals surface area contributed by atoms with Crippen LogP contribution in [0.15, 0.2) is 33.6 Å². The molecule has 0 fully saturated rings. The van der Waals surface area contributed by atoms with Crippen LogP contribution in [0.1, 0.15) is 0 Å². The molecule has 0 radical (unpaired) electrons. The van der Waals surface area contributed by atoms with Crippen molar-refractivity contribution in [3.8, 4) is 0 Å². The van der Waals surface area contributed by atoms with Crippen molar-refractivity contribution in [2.45, 2.75) is 15.9 Å². The molecule has 17 heavy (non-hydrogen) atoms. The molecule has 0 N–H and O–H groups in total. The molecular formula is C9H7Br2F3O2S. The van der Waals surface area contributed by atoms with Gasteiger partial charge in [0.05, 0.1) is 10.6 Å². The fourth-order valence-corrected chi connectivity index (χ4v) is 4.00. The molecule has 1 atom stereocenters. The molecule has 96 valence electrons. The van der Waals surface area contributed by atoms with E-state index in [-0.39, 0.29) is 4.90 Å². The SMILES string of the molecule is O=S(=O)(CC(Br)C(F)(F)F)c1cccc(Br)c1. The van der Waals surface area contributed by atoms with Gasteiger partial charge in [-0.15, -0.1) is 0 Å². The van der Waals surface area contributed by atoms with Gasteiger partial charge in [0.15, 0.2) is 9.84 Å². The van der Waals surface area contributed by atoms with Gasteiger partial charge in [-0.2, -0.15) is 13.2 Å². The molecule has 0 bridgehead atoms. The maximum absolute atomic E-state index is 12.3. The summed E-state index contributed by atoms with van der Waals surface area (Å²) in [4.78, 5) is -2.21. The van der Waals surface area contributed by atoms with Gasteiger partial charge in [0.25, 0.3) is 0 Å². The van der Waals surface area contributed by atoms with Gasteiger partial charge in [-0.05, 0) is 18.2 Å². The van der Waals surface area contributed by atoms with Crippen LogP contribution in [0.4, 0.5) is 13.2 Å². The van der Waals surface area contributed by atoms with Crippen LogP contribution in [0, 0.1) is 0 Å². The van der Waals surface area contributed by atoms with Crippen LogP contribution >= 0.6 is 31.9 Å². The number of rotatable bonds is 3. The summed E-state index contributed by atoms with van der Waals surface area (Å²) in [5.41, 5.74) is 0. The Labute approximate surface area is 113 Å². The lowest BCUT2D eigenvalue weighted by atomic mass is 10.4. The van der Waals surface area contributed by atoms with Crippen LogP contribution in [-0.2, 0) is 9.84 Å². The lowest BCUT2D eigenvalue weighted by Crippen LogP contribution is -2.30. The van der Waals surface area contributed by atoms with E-state index in [0.717, 1.165) is 0 Å². The minimum atomic E-state index is -4.58. The Morgan fingerprint density at radius 2 is 1.88 bits per heavy atom. The Hall–Kier alpha value is -0.0800. The predicted molar refractivity (Wildman–Crippen MR) is 65.0 cm³/mol. The second kappa shape index (κ2) is 5.27. The summed E-state index contributed by atoms with van der Waals surface area (Å²) in [5.74, 6) is -1.02. The third-order valence-electron chi connectivity index (χ3n) is 1.88. The van der Waals surface area contributed by atoms with E-state index in [9.17, 15) is 21.6 Å². The molecule has 1 unspecified atom stereocenters. The Morgan fingerprint density at radius 3 is 2.35 bits per heavy atom. The molecule has 2 nitrogen and oxygen atoms in total. The second-order valence-corrected chi connectivity index (χ2v) is 7.30. The highest BCUT2D eigenvalue weighted by Gasteiger charge is 2.40. The summed E-state index contributed by atoms with van der Waals surface area (Å²) < 4.78 is 60.6. The molecule has 1 rings (SSSR count). The average molecular weight is 396 g/mol. The first kappa shape index (κ1) is 15.0. The molecule has 0 aliphatic heterocycles. The number of hydrogen-bond donors (Lipinski definition) is 0. The normalized spacial score (nSPS) is 14.6. The molecular weight excluding hydrogens is 389 g/mol. The molecule has 0 spiro atoms. The monoisotopic (exact) mass is 394 g/mol. The van der Waals surface area contributed by atoms with E-state index in [1.165, 1.54) is 18.2 Å². The van der Waals surface area contributed by atoms with Crippen LogP contribution in [0.2, 0.25) is 0 Å². The minimum absolute atomic E-state index is 0.138. The third-order valence-corrected chi connectivity index (χ3v) is 5.39. The Morgan fingerprint density at radius 1 is 1.29 bits per heavy atom. The van der Waals surface area contributed by atoms with Gasteiger partial charge < -0.3 is 0 Å². The molecule has 0 saturated carbocycles. The van der Waals surface area contributed by atoms with Gasteiger partial charge in [0.1, 0.15) is 4.83 Å². The summed E-state index contributed by atoms with van der Waals surface area (Å²) in [6, 6.07) is 5.57. The van der Waals surface area contributed by atoms with E-state index in [0.29, 0.717) is 4.47 Å². The van der Waals surface area contributed by atoms with Crippen molar-refractivity contribution in [2.24, 2.45) is 0 Å². The van der Waals surface area contributed by atoms with Crippen molar-refractivity contribution >= 4 is 41.7 Å². The molecule has 0 heterocycles. The first-order chi connectivity index (χ1) is 7.63. The smallest absolute Gasteiger partial charge is 0.224 e. The van der Waals surface area contributed by atoms with E-state index in [1.807, 2.05) is 0 Å². The number of hydrogen-bond acceptors (Lipinski definition) is 2. The lowest BCUT2D eigenvalue weighted by molar-refractivity contribution is -0.123. The molecule has 0 amide bonds. The molecule has 0 aliphatic rings. The number of alkyl halides is 4. The van der Waals surface area contributed by atoms with E-state index in [1.54, 1.807) is 6.07 Å². The molecule has 8 heteroatoms. The van der Waals surface area contributed by atoms with Gasteiger partial charge in [-0.3, -0.25) is 0 Å². The molecule has 0 aliphatic carbocycles. The van der Waals surface area contributed by atoms with Gasteiger partial charge >= 0.3 is 6.18 Å². The number of halogens is 5. The van der Waals surface area contributed by atoms with E-state index < -0.39 is 26.6 Å². The molecule has 0 saturated heterocycles. The largest absolute Gasteiger partial charge is 0.402 e. The standard InChI is InChI=1S/C9H7Br2F3O2S/c10-6-2-1-3-7(4-6)17(15,16)5-8(11)9(12,13)14/h1-4,8H,5H2. The highest BCUT2D eigenvalue weighted by atomic mass is 79.9. The van der Waals surface area contributed by atoms with Crippen molar-refractivity contribution in [1.82, 2.24) is 0 Å². The van der Waals surface area contributed by atoms with E-state index >= 15 is 0 Å². The van der Waals surface area contributed by atoms with Gasteiger partial charge in [-0.1, -0.05) is 37.9 Å². The highest BCUT2D eigenvalue weighted by Crippen LogP contribution is 2.29. The molecule has 1 aromatic rings. The first-order valence-electron chi connectivity index (χ1n) is 4.32. The second-order valence-electron chi connectivity index (χ2n) is 3.25. The summed E-state index contributed by atoms with van der Waals surface area (Å²) in [6.45, 7) is 0. The van der Waals surface area contributed by atoms with Crippen molar-refractivity contribution in [3.05, 3.63) is 28.7 Å². The van der Waals surface area contributed by atoms with Gasteiger partial charge in [-0.25, -0.2) is 8.42 Å². The maximum Gasteiger partial charge on any atom is 0.402 e. The van der Waals surface area contributed by atoms with Crippen LogP contribution in [0.5, 0.6) is 0 Å². The summed E-state index contributed by atoms with van der Waals surface area (Å²) in [7, 11) is -3.96. The summed E-state index contributed by atoms with van der Waals surface area (Å²) >= 11 is 5.40. The minimum Gasteiger partial charge on any atom is -0.224 e. The maximum atomic E-state index is 12.3. The predicted octanol–water partition coefficient (Wildman–Crippen LogP) is 3.55.